The third-order valence-corrected chi connectivity index (χ3v) is 6.06. The SMILES string of the molecule is CCOC(=O)c1c(C)c2c(n1Cc1ccccc1)CSc1cc(C#N)c(=O)[nH]c1-2. The number of nitrogens with zero attached hydrogens (tertiary/aromatic N) is 2. The smallest absolute Gasteiger partial charge is 0.355 e. The molecule has 6 nitrogen and oxygen atoms in total. The summed E-state index contributed by atoms with van der Waals surface area (Å²) in [5, 5.41) is 9.17. The van der Waals surface area contributed by atoms with Crippen LogP contribution < -0.4 is 5.56 Å². The zero-order valence-electron chi connectivity index (χ0n) is 16.1. The van der Waals surface area contributed by atoms with Gasteiger partial charge in [0.2, 0.25) is 0 Å². The quantitative estimate of drug-likeness (QED) is 0.666. The first-order chi connectivity index (χ1) is 14.0. The lowest BCUT2D eigenvalue weighted by Crippen LogP contribution is -2.16. The third-order valence-electron chi connectivity index (χ3n) is 5.01. The number of hydrogen-bond donors (Lipinski definition) is 1. The lowest BCUT2D eigenvalue weighted by atomic mass is 10.0. The third kappa shape index (κ3) is 3.26. The highest BCUT2D eigenvalue weighted by Crippen LogP contribution is 2.44. The van der Waals surface area contributed by atoms with Gasteiger partial charge in [-0.25, -0.2) is 4.79 Å². The number of nitrogens with one attached hydrogen (secondary N) is 1. The van der Waals surface area contributed by atoms with Crippen molar-refractivity contribution in [2.24, 2.45) is 0 Å². The average molecular weight is 405 g/mol. The van der Waals surface area contributed by atoms with E-state index >= 15 is 0 Å². The number of hydrogen-bond acceptors (Lipinski definition) is 5. The van der Waals surface area contributed by atoms with Crippen LogP contribution in [0.3, 0.4) is 0 Å². The van der Waals surface area contributed by atoms with E-state index in [0.717, 1.165) is 27.3 Å². The van der Waals surface area contributed by atoms with E-state index in [4.69, 9.17) is 10.00 Å². The maximum absolute atomic E-state index is 12.8. The van der Waals surface area contributed by atoms with Gasteiger partial charge in [0.15, 0.2) is 0 Å². The molecule has 4 rings (SSSR count). The van der Waals surface area contributed by atoms with Crippen LogP contribution in [-0.4, -0.2) is 22.1 Å². The van der Waals surface area contributed by atoms with Crippen molar-refractivity contribution in [3.63, 3.8) is 0 Å². The van der Waals surface area contributed by atoms with Crippen LogP contribution in [0.5, 0.6) is 0 Å². The van der Waals surface area contributed by atoms with Gasteiger partial charge < -0.3 is 14.3 Å². The van der Waals surface area contributed by atoms with E-state index < -0.39 is 5.56 Å². The minimum atomic E-state index is -0.424. The van der Waals surface area contributed by atoms with Gasteiger partial charge in [-0.2, -0.15) is 5.26 Å². The van der Waals surface area contributed by atoms with Gasteiger partial charge in [-0.15, -0.1) is 11.8 Å². The second kappa shape index (κ2) is 7.64. The van der Waals surface area contributed by atoms with Crippen LogP contribution in [0.25, 0.3) is 11.3 Å². The summed E-state index contributed by atoms with van der Waals surface area (Å²) in [6, 6.07) is 13.5. The molecule has 0 aliphatic carbocycles. The van der Waals surface area contributed by atoms with Gasteiger partial charge in [-0.05, 0) is 31.0 Å². The van der Waals surface area contributed by atoms with Crippen molar-refractivity contribution in [2.45, 2.75) is 31.0 Å². The molecule has 0 bridgehead atoms. The predicted octanol–water partition coefficient (Wildman–Crippen LogP) is 3.85. The predicted molar refractivity (Wildman–Crippen MR) is 111 cm³/mol. The molecular weight excluding hydrogens is 386 g/mol. The second-order valence-corrected chi connectivity index (χ2v) is 7.76. The normalized spacial score (nSPS) is 12.0. The van der Waals surface area contributed by atoms with E-state index in [1.165, 1.54) is 0 Å². The van der Waals surface area contributed by atoms with E-state index in [1.54, 1.807) is 24.8 Å². The van der Waals surface area contributed by atoms with E-state index in [1.807, 2.05) is 47.9 Å². The largest absolute Gasteiger partial charge is 0.461 e. The number of pyridine rings is 1. The zero-order chi connectivity index (χ0) is 20.5. The molecule has 0 amide bonds. The second-order valence-electron chi connectivity index (χ2n) is 6.74. The summed E-state index contributed by atoms with van der Waals surface area (Å²) >= 11 is 1.55. The number of rotatable bonds is 4. The highest BCUT2D eigenvalue weighted by Gasteiger charge is 2.31. The summed E-state index contributed by atoms with van der Waals surface area (Å²) in [5.41, 5.74) is 4.48. The molecule has 0 atom stereocenters. The van der Waals surface area contributed by atoms with E-state index in [0.29, 0.717) is 23.7 Å². The van der Waals surface area contributed by atoms with Gasteiger partial charge in [0, 0.05) is 28.5 Å². The molecule has 1 aliphatic heterocycles. The number of aromatic nitrogens is 2. The minimum absolute atomic E-state index is 0.0895. The van der Waals surface area contributed by atoms with Crippen LogP contribution in [0.2, 0.25) is 0 Å². The molecule has 3 heterocycles. The number of H-pyrrole nitrogens is 1. The Morgan fingerprint density at radius 1 is 1.34 bits per heavy atom. The number of thioether (sulfide) groups is 1. The highest BCUT2D eigenvalue weighted by atomic mass is 32.2. The Balaban J connectivity index is 1.95. The van der Waals surface area contributed by atoms with Gasteiger partial charge in [0.25, 0.3) is 5.56 Å². The molecule has 2 aromatic heterocycles. The van der Waals surface area contributed by atoms with E-state index in [2.05, 4.69) is 4.98 Å². The Labute approximate surface area is 172 Å². The van der Waals surface area contributed by atoms with Gasteiger partial charge in [-0.3, -0.25) is 4.79 Å². The molecule has 1 aliphatic rings. The molecule has 0 radical (unpaired) electrons. The highest BCUT2D eigenvalue weighted by molar-refractivity contribution is 7.98. The molecule has 0 fully saturated rings. The van der Waals surface area contributed by atoms with E-state index in [-0.39, 0.29) is 18.1 Å². The number of esters is 1. The fraction of sp³-hybridized carbons (Fsp3) is 0.227. The lowest BCUT2D eigenvalue weighted by molar-refractivity contribution is 0.0513. The average Bonchev–Trinajstić information content (AvgIpc) is 3.00. The monoisotopic (exact) mass is 405 g/mol. The van der Waals surface area contributed by atoms with Crippen molar-refractivity contribution in [1.82, 2.24) is 9.55 Å². The molecule has 3 aromatic rings. The van der Waals surface area contributed by atoms with Crippen molar-refractivity contribution in [1.29, 1.82) is 5.26 Å². The summed E-state index contributed by atoms with van der Waals surface area (Å²) in [7, 11) is 0. The first kappa shape index (κ1) is 19.1. The van der Waals surface area contributed by atoms with Crippen molar-refractivity contribution in [3.05, 3.63) is 74.8 Å². The fourth-order valence-corrected chi connectivity index (χ4v) is 4.82. The van der Waals surface area contributed by atoms with Crippen molar-refractivity contribution in [2.75, 3.05) is 6.61 Å². The standard InChI is InChI=1S/C22H19N3O3S/c1-3-28-22(27)20-13(2)18-16(25(20)11-14-7-5-4-6-8-14)12-29-17-9-15(10-23)21(26)24-19(17)18/h4-9H,3,11-12H2,1-2H3,(H,24,26). The van der Waals surface area contributed by atoms with Gasteiger partial charge in [0.1, 0.15) is 17.3 Å². The Bertz CT molecular complexity index is 1200. The molecule has 0 saturated heterocycles. The van der Waals surface area contributed by atoms with Crippen LogP contribution in [0.4, 0.5) is 0 Å². The number of benzene rings is 1. The molecular formula is C22H19N3O3S. The van der Waals surface area contributed by atoms with Crippen LogP contribution in [0.1, 0.15) is 39.8 Å². The first-order valence-electron chi connectivity index (χ1n) is 9.28. The Morgan fingerprint density at radius 3 is 2.79 bits per heavy atom. The Morgan fingerprint density at radius 2 is 2.10 bits per heavy atom. The van der Waals surface area contributed by atoms with Gasteiger partial charge in [-0.1, -0.05) is 30.3 Å². The molecule has 29 heavy (non-hydrogen) atoms. The lowest BCUT2D eigenvalue weighted by Gasteiger charge is -2.19. The van der Waals surface area contributed by atoms with Gasteiger partial charge >= 0.3 is 5.97 Å². The van der Waals surface area contributed by atoms with Gasteiger partial charge in [0.05, 0.1) is 12.3 Å². The summed E-state index contributed by atoms with van der Waals surface area (Å²) in [4.78, 5) is 28.8. The minimum Gasteiger partial charge on any atom is -0.461 e. The molecule has 0 saturated carbocycles. The summed E-state index contributed by atoms with van der Waals surface area (Å²) in [5.74, 6) is 0.254. The summed E-state index contributed by atoms with van der Waals surface area (Å²) in [6.07, 6.45) is 0. The molecule has 1 N–H and O–H groups in total. The zero-order valence-corrected chi connectivity index (χ0v) is 16.9. The van der Waals surface area contributed by atoms with Crippen LogP contribution in [0.15, 0.2) is 46.1 Å². The number of fused-ring (bicyclic) bond motifs is 3. The first-order valence-corrected chi connectivity index (χ1v) is 10.3. The number of nitriles is 1. The topological polar surface area (TPSA) is 87.9 Å². The molecule has 1 aromatic carbocycles. The van der Waals surface area contributed by atoms with Crippen LogP contribution in [-0.2, 0) is 17.0 Å². The molecule has 7 heteroatoms. The van der Waals surface area contributed by atoms with E-state index in [9.17, 15) is 9.59 Å². The number of carbonyl (C=O) groups is 1. The maximum atomic E-state index is 12.8. The van der Waals surface area contributed by atoms with Crippen molar-refractivity contribution >= 4 is 17.7 Å². The Hall–Kier alpha value is -3.24. The van der Waals surface area contributed by atoms with Crippen molar-refractivity contribution in [3.8, 4) is 17.3 Å². The number of ether oxygens (including phenoxy) is 1. The summed E-state index contributed by atoms with van der Waals surface area (Å²) < 4.78 is 7.32. The fourth-order valence-electron chi connectivity index (χ4n) is 3.73. The van der Waals surface area contributed by atoms with Crippen LogP contribution in [0, 0.1) is 18.3 Å². The molecule has 0 unspecified atom stereocenters. The maximum Gasteiger partial charge on any atom is 0.355 e. The molecule has 146 valence electrons. The number of carbonyl (C=O) groups excluding carboxylic acids is 1. The Kier molecular flexibility index (Phi) is 5.03. The van der Waals surface area contributed by atoms with Crippen molar-refractivity contribution < 1.29 is 9.53 Å². The number of aromatic amines is 1. The molecule has 0 spiro atoms. The van der Waals surface area contributed by atoms with Crippen LogP contribution >= 0.6 is 11.8 Å². The summed E-state index contributed by atoms with van der Waals surface area (Å²) in [6.45, 7) is 4.47.